The van der Waals surface area contributed by atoms with Crippen LogP contribution >= 0.6 is 0 Å². The highest BCUT2D eigenvalue weighted by Gasteiger charge is 2.19. The smallest absolute Gasteiger partial charge is 0.310 e. The first-order valence-corrected chi connectivity index (χ1v) is 6.97. The number of non-ortho nitro benzene ring substituents is 1. The molecule has 1 heterocycles. The molecular formula is C15H19N2O3+. The second kappa shape index (κ2) is 6.87. The van der Waals surface area contributed by atoms with Crippen LogP contribution in [-0.4, -0.2) is 29.5 Å². The maximum atomic E-state index is 10.6. The fourth-order valence-corrected chi connectivity index (χ4v) is 2.23. The molecule has 5 nitrogen and oxygen atoms in total. The molecule has 0 bridgehead atoms. The molecule has 0 aromatic heterocycles. The molecule has 0 aliphatic carbocycles. The lowest BCUT2D eigenvalue weighted by Crippen LogP contribution is -2.30. The summed E-state index contributed by atoms with van der Waals surface area (Å²) >= 11 is 0. The topological polar surface area (TPSA) is 55.6 Å². The predicted molar refractivity (Wildman–Crippen MR) is 76.0 cm³/mol. The van der Waals surface area contributed by atoms with Gasteiger partial charge in [-0.1, -0.05) is 0 Å². The minimum atomic E-state index is -0.401. The first kappa shape index (κ1) is 14.3. The van der Waals surface area contributed by atoms with Crippen molar-refractivity contribution in [2.24, 2.45) is 0 Å². The normalized spacial score (nSPS) is 15.7. The second-order valence-corrected chi connectivity index (χ2v) is 4.71. The fraction of sp³-hybridized carbons (Fsp3) is 0.467. The lowest BCUT2D eigenvalue weighted by atomic mass is 10.1. The number of rotatable bonds is 5. The molecule has 0 unspecified atom stereocenters. The van der Waals surface area contributed by atoms with E-state index in [2.05, 4.69) is 11.0 Å². The second-order valence-electron chi connectivity index (χ2n) is 4.71. The van der Waals surface area contributed by atoms with E-state index in [1.165, 1.54) is 31.4 Å². The average molecular weight is 275 g/mol. The quantitative estimate of drug-likeness (QED) is 0.358. The van der Waals surface area contributed by atoms with Crippen molar-refractivity contribution in [1.82, 2.24) is 4.90 Å². The van der Waals surface area contributed by atoms with Crippen LogP contribution in [0, 0.1) is 16.2 Å². The van der Waals surface area contributed by atoms with E-state index in [1.807, 2.05) is 6.92 Å². The number of benzene rings is 1. The molecule has 2 rings (SSSR count). The van der Waals surface area contributed by atoms with E-state index in [-0.39, 0.29) is 5.69 Å². The summed E-state index contributed by atoms with van der Waals surface area (Å²) in [6.45, 7) is 4.50. The van der Waals surface area contributed by atoms with Crippen molar-refractivity contribution in [2.75, 3.05) is 19.7 Å². The van der Waals surface area contributed by atoms with Gasteiger partial charge >= 0.3 is 5.88 Å². The number of nitro benzene ring substituents is 1. The lowest BCUT2D eigenvalue weighted by Gasteiger charge is -2.27. The summed E-state index contributed by atoms with van der Waals surface area (Å²) < 4.78 is 5.66. The van der Waals surface area contributed by atoms with E-state index in [1.54, 1.807) is 12.1 Å². The van der Waals surface area contributed by atoms with Crippen LogP contribution in [-0.2, 0) is 4.74 Å². The molecule has 5 heteroatoms. The van der Waals surface area contributed by atoms with E-state index in [4.69, 9.17) is 4.74 Å². The molecule has 1 aromatic carbocycles. The zero-order valence-corrected chi connectivity index (χ0v) is 11.7. The first-order valence-electron chi connectivity index (χ1n) is 6.97. The lowest BCUT2D eigenvalue weighted by molar-refractivity contribution is -0.384. The molecule has 0 spiro atoms. The third-order valence-electron chi connectivity index (χ3n) is 3.25. The van der Waals surface area contributed by atoms with Crippen molar-refractivity contribution in [2.45, 2.75) is 26.2 Å². The summed E-state index contributed by atoms with van der Waals surface area (Å²) in [5.74, 6) is 0.737. The van der Waals surface area contributed by atoms with Gasteiger partial charge in [-0.2, -0.15) is 0 Å². The first-order chi connectivity index (χ1) is 9.70. The summed E-state index contributed by atoms with van der Waals surface area (Å²) in [6, 6.07) is 6.37. The maximum Gasteiger partial charge on any atom is 0.310 e. The van der Waals surface area contributed by atoms with Crippen LogP contribution in [0.25, 0.3) is 0 Å². The fourth-order valence-electron chi connectivity index (χ4n) is 2.23. The summed E-state index contributed by atoms with van der Waals surface area (Å²) in [5, 5.41) is 10.6. The Kier molecular flexibility index (Phi) is 4.91. The van der Waals surface area contributed by atoms with Crippen molar-refractivity contribution < 1.29 is 9.66 Å². The van der Waals surface area contributed by atoms with Crippen molar-refractivity contribution >= 4 is 5.69 Å². The van der Waals surface area contributed by atoms with E-state index in [0.717, 1.165) is 24.5 Å². The summed E-state index contributed by atoms with van der Waals surface area (Å²) in [4.78, 5) is 12.4. The Morgan fingerprint density at radius 3 is 2.50 bits per heavy atom. The molecule has 1 aliphatic heterocycles. The molecule has 1 aliphatic rings. The largest absolute Gasteiger partial charge is 0.463 e. The summed E-state index contributed by atoms with van der Waals surface area (Å²) in [6.07, 6.45) is 6.80. The van der Waals surface area contributed by atoms with Gasteiger partial charge < -0.3 is 9.64 Å². The molecule has 1 aromatic rings. The van der Waals surface area contributed by atoms with Gasteiger partial charge in [0.2, 0.25) is 0 Å². The third kappa shape index (κ3) is 3.68. The zero-order chi connectivity index (χ0) is 14.4. The van der Waals surface area contributed by atoms with Crippen molar-refractivity contribution in [1.29, 1.82) is 0 Å². The van der Waals surface area contributed by atoms with E-state index >= 15 is 0 Å². The van der Waals surface area contributed by atoms with Gasteiger partial charge in [0.05, 0.1) is 35.8 Å². The van der Waals surface area contributed by atoms with Gasteiger partial charge in [0.25, 0.3) is 5.69 Å². The number of piperidine rings is 1. The summed E-state index contributed by atoms with van der Waals surface area (Å²) in [7, 11) is 0. The SMILES string of the molecule is CCOC(=[C+]c1ccc([N+](=O)[O-])cc1)N1CCCCC1. The van der Waals surface area contributed by atoms with E-state index in [0.29, 0.717) is 6.61 Å². The Bertz CT molecular complexity index is 476. The Hall–Kier alpha value is -2.13. The zero-order valence-electron chi connectivity index (χ0n) is 11.7. The monoisotopic (exact) mass is 275 g/mol. The molecule has 0 atom stereocenters. The van der Waals surface area contributed by atoms with Crippen LogP contribution in [0.15, 0.2) is 30.1 Å². The van der Waals surface area contributed by atoms with Crippen LogP contribution in [0.1, 0.15) is 31.7 Å². The van der Waals surface area contributed by atoms with Crippen molar-refractivity contribution in [3.8, 4) is 0 Å². The third-order valence-corrected chi connectivity index (χ3v) is 3.25. The average Bonchev–Trinajstić information content (AvgIpc) is 2.48. The van der Waals surface area contributed by atoms with Gasteiger partial charge in [-0.3, -0.25) is 10.1 Å². The molecule has 106 valence electrons. The minimum Gasteiger partial charge on any atom is -0.463 e. The summed E-state index contributed by atoms with van der Waals surface area (Å²) in [5.41, 5.74) is 0.885. The van der Waals surface area contributed by atoms with Crippen LogP contribution in [0.3, 0.4) is 0 Å². The van der Waals surface area contributed by atoms with Gasteiger partial charge in [0.15, 0.2) is 5.56 Å². The highest BCUT2D eigenvalue weighted by molar-refractivity contribution is 5.35. The van der Waals surface area contributed by atoms with Crippen molar-refractivity contribution in [3.05, 3.63) is 51.9 Å². The van der Waals surface area contributed by atoms with Gasteiger partial charge in [0.1, 0.15) is 6.08 Å². The molecule has 20 heavy (non-hydrogen) atoms. The molecular weight excluding hydrogens is 256 g/mol. The van der Waals surface area contributed by atoms with E-state index in [9.17, 15) is 10.1 Å². The van der Waals surface area contributed by atoms with Crippen molar-refractivity contribution in [3.63, 3.8) is 0 Å². The Labute approximate surface area is 119 Å². The Balaban J connectivity index is 2.16. The minimum absolute atomic E-state index is 0.0893. The Morgan fingerprint density at radius 2 is 1.95 bits per heavy atom. The van der Waals surface area contributed by atoms with Crippen LogP contribution in [0.2, 0.25) is 0 Å². The van der Waals surface area contributed by atoms with Gasteiger partial charge in [0, 0.05) is 13.1 Å². The van der Waals surface area contributed by atoms with Crippen LogP contribution in [0.4, 0.5) is 5.69 Å². The Morgan fingerprint density at radius 1 is 1.30 bits per heavy atom. The number of nitrogens with zero attached hydrogens (tertiary/aromatic N) is 2. The maximum absolute atomic E-state index is 10.6. The van der Waals surface area contributed by atoms with Crippen LogP contribution in [0.5, 0.6) is 0 Å². The number of nitro groups is 1. The number of ether oxygens (including phenoxy) is 1. The molecule has 0 saturated carbocycles. The number of hydrogen-bond donors (Lipinski definition) is 0. The van der Waals surface area contributed by atoms with Gasteiger partial charge in [-0.25, -0.2) is 0 Å². The molecule has 0 amide bonds. The predicted octanol–water partition coefficient (Wildman–Crippen LogP) is 3.11. The molecule has 1 saturated heterocycles. The number of hydrogen-bond acceptors (Lipinski definition) is 4. The molecule has 0 radical (unpaired) electrons. The highest BCUT2D eigenvalue weighted by atomic mass is 16.6. The van der Waals surface area contributed by atoms with Crippen LogP contribution < -0.4 is 0 Å². The molecule has 1 fully saturated rings. The standard InChI is InChI=1S/C15H19N2O3/c1-2-20-15(16-10-4-3-5-11-16)12-13-6-8-14(9-7-13)17(18)19/h6-9H,2-5,10-11H2,1H3/q+1. The van der Waals surface area contributed by atoms with E-state index < -0.39 is 4.92 Å². The number of likely N-dealkylation sites (tertiary alicyclic amines) is 1. The van der Waals surface area contributed by atoms with Gasteiger partial charge in [-0.05, 0) is 26.2 Å². The molecule has 0 N–H and O–H groups in total. The van der Waals surface area contributed by atoms with Gasteiger partial charge in [-0.15, -0.1) is 0 Å². The highest BCUT2D eigenvalue weighted by Crippen LogP contribution is 2.18.